The third-order valence-electron chi connectivity index (χ3n) is 5.18. The Morgan fingerprint density at radius 1 is 0.943 bits per heavy atom. The summed E-state index contributed by atoms with van der Waals surface area (Å²) in [5.41, 5.74) is 1.46. The van der Waals surface area contributed by atoms with Gasteiger partial charge < -0.3 is 20.1 Å². The second kappa shape index (κ2) is 10.3. The Balaban J connectivity index is 1.55. The Bertz CT molecular complexity index is 1340. The first-order chi connectivity index (χ1) is 16.9. The standard InChI is InChI=1S/C26H22ClN3O5/c1-3-35-20-13-6-4-11-18(20)29-24(31)16-9-8-10-17(15-16)28-23-22(27)25(32)30(26(23)33)19-12-5-7-14-21(19)34-2/h4-15,28H,3H2,1-2H3,(H,29,31). The van der Waals surface area contributed by atoms with Crippen LogP contribution in [0.1, 0.15) is 17.3 Å². The monoisotopic (exact) mass is 491 g/mol. The molecule has 8 nitrogen and oxygen atoms in total. The van der Waals surface area contributed by atoms with Crippen LogP contribution in [-0.4, -0.2) is 31.4 Å². The number of halogens is 1. The number of amides is 3. The lowest BCUT2D eigenvalue weighted by molar-refractivity contribution is -0.120. The van der Waals surface area contributed by atoms with E-state index < -0.39 is 11.8 Å². The summed E-state index contributed by atoms with van der Waals surface area (Å²) in [5, 5.41) is 5.45. The molecular weight excluding hydrogens is 470 g/mol. The van der Waals surface area contributed by atoms with Gasteiger partial charge >= 0.3 is 0 Å². The van der Waals surface area contributed by atoms with E-state index in [0.717, 1.165) is 4.90 Å². The number of carbonyl (C=O) groups excluding carboxylic acids is 3. The van der Waals surface area contributed by atoms with Gasteiger partial charge in [-0.1, -0.05) is 41.9 Å². The maximum atomic E-state index is 13.1. The van der Waals surface area contributed by atoms with Gasteiger partial charge in [-0.2, -0.15) is 0 Å². The number of methoxy groups -OCH3 is 1. The van der Waals surface area contributed by atoms with E-state index in [1.165, 1.54) is 7.11 Å². The molecule has 4 rings (SSSR count). The number of hydrogen-bond donors (Lipinski definition) is 2. The fourth-order valence-electron chi connectivity index (χ4n) is 3.57. The van der Waals surface area contributed by atoms with Crippen molar-refractivity contribution >= 4 is 46.4 Å². The summed E-state index contributed by atoms with van der Waals surface area (Å²) in [6.45, 7) is 2.32. The van der Waals surface area contributed by atoms with Crippen molar-refractivity contribution < 1.29 is 23.9 Å². The summed E-state index contributed by atoms with van der Waals surface area (Å²) in [5.74, 6) is -0.771. The molecule has 0 fully saturated rings. The third kappa shape index (κ3) is 4.83. The molecule has 178 valence electrons. The SMILES string of the molecule is CCOc1ccccc1NC(=O)c1cccc(NC2=C(Cl)C(=O)N(c3ccccc3OC)C2=O)c1. The number of ether oxygens (including phenoxy) is 2. The quantitative estimate of drug-likeness (QED) is 0.440. The summed E-state index contributed by atoms with van der Waals surface area (Å²) >= 11 is 6.24. The average Bonchev–Trinajstić information content (AvgIpc) is 3.08. The molecule has 35 heavy (non-hydrogen) atoms. The lowest BCUT2D eigenvalue weighted by Crippen LogP contribution is -2.32. The van der Waals surface area contributed by atoms with Crippen molar-refractivity contribution in [1.82, 2.24) is 0 Å². The smallest absolute Gasteiger partial charge is 0.283 e. The number of imide groups is 1. The van der Waals surface area contributed by atoms with Gasteiger partial charge in [-0.15, -0.1) is 0 Å². The summed E-state index contributed by atoms with van der Waals surface area (Å²) in [7, 11) is 1.45. The first-order valence-electron chi connectivity index (χ1n) is 10.8. The molecule has 0 saturated carbocycles. The van der Waals surface area contributed by atoms with Crippen molar-refractivity contribution in [2.24, 2.45) is 0 Å². The Kier molecular flexibility index (Phi) is 7.03. The number of rotatable bonds is 8. The van der Waals surface area contributed by atoms with E-state index in [1.54, 1.807) is 66.7 Å². The number of nitrogens with zero attached hydrogens (tertiary/aromatic N) is 1. The van der Waals surface area contributed by atoms with Gasteiger partial charge in [-0.3, -0.25) is 14.4 Å². The van der Waals surface area contributed by atoms with Crippen molar-refractivity contribution in [2.75, 3.05) is 29.3 Å². The second-order valence-corrected chi connectivity index (χ2v) is 7.77. The van der Waals surface area contributed by atoms with Crippen LogP contribution in [0.3, 0.4) is 0 Å². The van der Waals surface area contributed by atoms with Crippen LogP contribution < -0.4 is 25.0 Å². The van der Waals surface area contributed by atoms with Crippen LogP contribution in [0.25, 0.3) is 0 Å². The van der Waals surface area contributed by atoms with Crippen LogP contribution >= 0.6 is 11.6 Å². The highest BCUT2D eigenvalue weighted by Crippen LogP contribution is 2.35. The average molecular weight is 492 g/mol. The molecular formula is C26H22ClN3O5. The molecule has 9 heteroatoms. The van der Waals surface area contributed by atoms with Gasteiger partial charge in [-0.25, -0.2) is 4.90 Å². The van der Waals surface area contributed by atoms with Gasteiger partial charge in [0.15, 0.2) is 0 Å². The maximum absolute atomic E-state index is 13.1. The van der Waals surface area contributed by atoms with Gasteiger partial charge in [0.2, 0.25) is 0 Å². The Hall–Kier alpha value is -4.30. The number of benzene rings is 3. The Labute approximate surface area is 207 Å². The molecule has 0 aromatic heterocycles. The molecule has 2 N–H and O–H groups in total. The Morgan fingerprint density at radius 2 is 1.66 bits per heavy atom. The van der Waals surface area contributed by atoms with Crippen LogP contribution in [-0.2, 0) is 9.59 Å². The van der Waals surface area contributed by atoms with Crippen LogP contribution in [0.5, 0.6) is 11.5 Å². The highest BCUT2D eigenvalue weighted by Gasteiger charge is 2.40. The summed E-state index contributed by atoms with van der Waals surface area (Å²) in [4.78, 5) is 39.7. The number of nitrogens with one attached hydrogen (secondary N) is 2. The van der Waals surface area contributed by atoms with Gasteiger partial charge in [0.1, 0.15) is 22.2 Å². The zero-order valence-electron chi connectivity index (χ0n) is 19.0. The van der Waals surface area contributed by atoms with Crippen LogP contribution in [0.2, 0.25) is 0 Å². The van der Waals surface area contributed by atoms with Crippen LogP contribution in [0.4, 0.5) is 17.1 Å². The van der Waals surface area contributed by atoms with Crippen molar-refractivity contribution in [3.05, 3.63) is 89.1 Å². The van der Waals surface area contributed by atoms with Crippen molar-refractivity contribution in [3.63, 3.8) is 0 Å². The molecule has 3 aromatic rings. The minimum Gasteiger partial charge on any atom is -0.495 e. The van der Waals surface area contributed by atoms with Gasteiger partial charge in [-0.05, 0) is 49.4 Å². The Morgan fingerprint density at radius 3 is 2.40 bits per heavy atom. The minimum absolute atomic E-state index is 0.0955. The molecule has 1 aliphatic rings. The number of hydrogen-bond acceptors (Lipinski definition) is 6. The highest BCUT2D eigenvalue weighted by molar-refractivity contribution is 6.53. The van der Waals surface area contributed by atoms with E-state index in [2.05, 4.69) is 10.6 Å². The van der Waals surface area contributed by atoms with Crippen molar-refractivity contribution in [3.8, 4) is 11.5 Å². The molecule has 1 aliphatic heterocycles. The number of carbonyl (C=O) groups is 3. The minimum atomic E-state index is -0.676. The van der Waals surface area contributed by atoms with Crippen molar-refractivity contribution in [2.45, 2.75) is 6.92 Å². The van der Waals surface area contributed by atoms with E-state index >= 15 is 0 Å². The summed E-state index contributed by atoms with van der Waals surface area (Å²) < 4.78 is 10.8. The summed E-state index contributed by atoms with van der Waals surface area (Å²) in [6, 6.07) is 20.2. The molecule has 3 aromatic carbocycles. The van der Waals surface area contributed by atoms with E-state index in [0.29, 0.717) is 35.0 Å². The molecule has 0 atom stereocenters. The number of anilines is 3. The topological polar surface area (TPSA) is 97.0 Å². The maximum Gasteiger partial charge on any atom is 0.283 e. The van der Waals surface area contributed by atoms with Gasteiger partial charge in [0, 0.05) is 11.3 Å². The lowest BCUT2D eigenvalue weighted by atomic mass is 10.1. The van der Waals surface area contributed by atoms with E-state index in [9.17, 15) is 14.4 Å². The van der Waals surface area contributed by atoms with Crippen molar-refractivity contribution in [1.29, 1.82) is 0 Å². The number of para-hydroxylation sites is 4. The lowest BCUT2D eigenvalue weighted by Gasteiger charge is -2.18. The summed E-state index contributed by atoms with van der Waals surface area (Å²) in [6.07, 6.45) is 0. The second-order valence-electron chi connectivity index (χ2n) is 7.40. The van der Waals surface area contributed by atoms with E-state index in [1.807, 2.05) is 13.0 Å². The normalized spacial score (nSPS) is 13.2. The fraction of sp³-hybridized carbons (Fsp3) is 0.115. The first-order valence-corrected chi connectivity index (χ1v) is 11.1. The van der Waals surface area contributed by atoms with Gasteiger partial charge in [0.25, 0.3) is 17.7 Å². The molecule has 0 bridgehead atoms. The molecule has 0 saturated heterocycles. The molecule has 0 unspecified atom stereocenters. The largest absolute Gasteiger partial charge is 0.495 e. The molecule has 0 aliphatic carbocycles. The first kappa shape index (κ1) is 23.8. The molecule has 0 radical (unpaired) electrons. The zero-order valence-corrected chi connectivity index (χ0v) is 19.8. The predicted molar refractivity (Wildman–Crippen MR) is 134 cm³/mol. The fourth-order valence-corrected chi connectivity index (χ4v) is 3.79. The highest BCUT2D eigenvalue weighted by atomic mass is 35.5. The zero-order chi connectivity index (χ0) is 24.9. The molecule has 1 heterocycles. The third-order valence-corrected chi connectivity index (χ3v) is 5.53. The van der Waals surface area contributed by atoms with E-state index in [-0.39, 0.29) is 22.3 Å². The van der Waals surface area contributed by atoms with Crippen LogP contribution in [0.15, 0.2) is 83.5 Å². The molecule has 0 spiro atoms. The van der Waals surface area contributed by atoms with E-state index in [4.69, 9.17) is 21.1 Å². The van der Waals surface area contributed by atoms with Gasteiger partial charge in [0.05, 0.1) is 25.1 Å². The molecule has 3 amide bonds. The predicted octanol–water partition coefficient (Wildman–Crippen LogP) is 4.78. The van der Waals surface area contributed by atoms with Crippen LogP contribution in [0, 0.1) is 0 Å².